The van der Waals surface area contributed by atoms with E-state index in [0.717, 1.165) is 30.8 Å². The molecule has 3 aromatic rings. The fourth-order valence-electron chi connectivity index (χ4n) is 3.50. The van der Waals surface area contributed by atoms with Crippen molar-refractivity contribution in [3.8, 4) is 5.75 Å². The maximum Gasteiger partial charge on any atom is 0.253 e. The molecule has 0 radical (unpaired) electrons. The topological polar surface area (TPSA) is 72.6 Å². The second-order valence-corrected chi connectivity index (χ2v) is 6.56. The van der Waals surface area contributed by atoms with Gasteiger partial charge in [0.2, 0.25) is 0 Å². The molecular formula is C20H21N5O2. The van der Waals surface area contributed by atoms with Gasteiger partial charge < -0.3 is 9.64 Å². The Kier molecular flexibility index (Phi) is 4.82. The third-order valence-electron chi connectivity index (χ3n) is 4.81. The predicted molar refractivity (Wildman–Crippen MR) is 101 cm³/mol. The normalized spacial score (nSPS) is 17.0. The first kappa shape index (κ1) is 17.2. The zero-order chi connectivity index (χ0) is 18.6. The van der Waals surface area contributed by atoms with Gasteiger partial charge in [0.1, 0.15) is 18.7 Å². The maximum atomic E-state index is 12.9. The molecule has 0 N–H and O–H groups in total. The number of carbonyl (C=O) groups is 1. The van der Waals surface area contributed by atoms with Gasteiger partial charge in [-0.3, -0.25) is 4.79 Å². The molecule has 0 aliphatic carbocycles. The molecule has 1 aliphatic heterocycles. The molecule has 0 spiro atoms. The van der Waals surface area contributed by atoms with Gasteiger partial charge in [-0.25, -0.2) is 9.50 Å². The number of piperidine rings is 1. The maximum absolute atomic E-state index is 12.9. The molecule has 1 fully saturated rings. The summed E-state index contributed by atoms with van der Waals surface area (Å²) in [4.78, 5) is 23.2. The average Bonchev–Trinajstić information content (AvgIpc) is 3.21. The van der Waals surface area contributed by atoms with Crippen LogP contribution < -0.4 is 4.74 Å². The lowest BCUT2D eigenvalue weighted by Gasteiger charge is -2.33. The first-order chi connectivity index (χ1) is 13.3. The van der Waals surface area contributed by atoms with E-state index in [-0.39, 0.29) is 11.8 Å². The fourth-order valence-corrected chi connectivity index (χ4v) is 3.50. The predicted octanol–water partition coefficient (Wildman–Crippen LogP) is 2.71. The van der Waals surface area contributed by atoms with Crippen molar-refractivity contribution in [1.82, 2.24) is 24.5 Å². The van der Waals surface area contributed by atoms with Crippen molar-refractivity contribution in [3.05, 3.63) is 66.8 Å². The molecule has 0 bridgehead atoms. The van der Waals surface area contributed by atoms with Crippen molar-refractivity contribution in [3.63, 3.8) is 0 Å². The minimum atomic E-state index is 0.0406. The van der Waals surface area contributed by atoms with Crippen molar-refractivity contribution >= 4 is 11.7 Å². The largest absolute Gasteiger partial charge is 0.490 e. The highest BCUT2D eigenvalue weighted by molar-refractivity contribution is 5.94. The van der Waals surface area contributed by atoms with Gasteiger partial charge in [-0.15, -0.1) is 0 Å². The second kappa shape index (κ2) is 7.57. The Morgan fingerprint density at radius 3 is 2.93 bits per heavy atom. The molecule has 7 heteroatoms. The lowest BCUT2D eigenvalue weighted by Crippen LogP contribution is -2.39. The third-order valence-corrected chi connectivity index (χ3v) is 4.81. The van der Waals surface area contributed by atoms with Gasteiger partial charge >= 0.3 is 0 Å². The van der Waals surface area contributed by atoms with Crippen LogP contribution in [0, 0.1) is 0 Å². The van der Waals surface area contributed by atoms with E-state index in [0.29, 0.717) is 24.5 Å². The van der Waals surface area contributed by atoms with E-state index in [4.69, 9.17) is 4.74 Å². The zero-order valence-corrected chi connectivity index (χ0v) is 15.0. The fraction of sp³-hybridized carbons (Fsp3) is 0.300. The summed E-state index contributed by atoms with van der Waals surface area (Å²) < 4.78 is 7.25. The van der Waals surface area contributed by atoms with Gasteiger partial charge in [0.05, 0.1) is 5.69 Å². The zero-order valence-electron chi connectivity index (χ0n) is 15.0. The molecule has 27 heavy (non-hydrogen) atoms. The number of hydrogen-bond donors (Lipinski definition) is 0. The van der Waals surface area contributed by atoms with Crippen LogP contribution in [0.2, 0.25) is 0 Å². The summed E-state index contributed by atoms with van der Waals surface area (Å²) in [6.07, 6.45) is 6.92. The molecule has 1 amide bonds. The third kappa shape index (κ3) is 3.53. The Balaban J connectivity index is 1.50. The number of carbonyl (C=O) groups excluding carboxylic acids is 1. The van der Waals surface area contributed by atoms with E-state index >= 15 is 0 Å². The van der Waals surface area contributed by atoms with Crippen molar-refractivity contribution in [2.24, 2.45) is 0 Å². The molecule has 1 aromatic carbocycles. The average molecular weight is 363 g/mol. The van der Waals surface area contributed by atoms with Crippen LogP contribution in [0.1, 0.15) is 34.8 Å². The van der Waals surface area contributed by atoms with Crippen LogP contribution in [0.4, 0.5) is 0 Å². The van der Waals surface area contributed by atoms with Crippen molar-refractivity contribution in [1.29, 1.82) is 0 Å². The number of benzene rings is 1. The second-order valence-electron chi connectivity index (χ2n) is 6.56. The Morgan fingerprint density at radius 2 is 2.11 bits per heavy atom. The van der Waals surface area contributed by atoms with Crippen LogP contribution in [-0.2, 0) is 0 Å². The van der Waals surface area contributed by atoms with E-state index in [1.165, 1.54) is 6.33 Å². The van der Waals surface area contributed by atoms with Gasteiger partial charge in [0.25, 0.3) is 11.7 Å². The van der Waals surface area contributed by atoms with Crippen LogP contribution in [0.25, 0.3) is 5.78 Å². The summed E-state index contributed by atoms with van der Waals surface area (Å²) in [5.74, 6) is 1.57. The molecular weight excluding hydrogens is 342 g/mol. The van der Waals surface area contributed by atoms with Gasteiger partial charge in [-0.05, 0) is 43.2 Å². The van der Waals surface area contributed by atoms with Gasteiger partial charge in [0, 0.05) is 30.8 Å². The number of fused-ring (bicyclic) bond motifs is 1. The SMILES string of the molecule is C=CCOc1ccc(C(=O)N2CCC[C@H](c3ccnc4ncnn34)C2)cc1. The molecule has 2 aromatic heterocycles. The number of hydrogen-bond acceptors (Lipinski definition) is 5. The number of ether oxygens (including phenoxy) is 1. The number of nitrogens with zero attached hydrogens (tertiary/aromatic N) is 5. The molecule has 0 saturated carbocycles. The summed E-state index contributed by atoms with van der Waals surface area (Å²) in [5.41, 5.74) is 1.71. The van der Waals surface area contributed by atoms with Crippen LogP contribution in [0.15, 0.2) is 55.5 Å². The summed E-state index contributed by atoms with van der Waals surface area (Å²) in [5, 5.41) is 4.27. The van der Waals surface area contributed by atoms with Crippen molar-refractivity contribution < 1.29 is 9.53 Å². The van der Waals surface area contributed by atoms with Crippen molar-refractivity contribution in [2.45, 2.75) is 18.8 Å². The first-order valence-electron chi connectivity index (χ1n) is 9.04. The highest BCUT2D eigenvalue weighted by Gasteiger charge is 2.27. The number of rotatable bonds is 5. The molecule has 4 rings (SSSR count). The van der Waals surface area contributed by atoms with E-state index < -0.39 is 0 Å². The molecule has 3 heterocycles. The lowest BCUT2D eigenvalue weighted by atomic mass is 9.94. The first-order valence-corrected chi connectivity index (χ1v) is 9.04. The van der Waals surface area contributed by atoms with E-state index in [1.807, 2.05) is 35.2 Å². The Bertz CT molecular complexity index is 950. The Labute approximate surface area is 157 Å². The summed E-state index contributed by atoms with van der Waals surface area (Å²) in [6, 6.07) is 9.23. The number of aromatic nitrogens is 4. The van der Waals surface area contributed by atoms with E-state index in [2.05, 4.69) is 21.6 Å². The Hall–Kier alpha value is -3.22. The summed E-state index contributed by atoms with van der Waals surface area (Å²) in [6.45, 7) is 5.50. The summed E-state index contributed by atoms with van der Waals surface area (Å²) in [7, 11) is 0. The number of likely N-dealkylation sites (tertiary alicyclic amines) is 1. The van der Waals surface area contributed by atoms with Crippen molar-refractivity contribution in [2.75, 3.05) is 19.7 Å². The summed E-state index contributed by atoms with van der Waals surface area (Å²) >= 11 is 0. The highest BCUT2D eigenvalue weighted by atomic mass is 16.5. The van der Waals surface area contributed by atoms with Gasteiger partial charge in [-0.2, -0.15) is 10.1 Å². The van der Waals surface area contributed by atoms with Gasteiger partial charge in [-0.1, -0.05) is 12.7 Å². The van der Waals surface area contributed by atoms with E-state index in [1.54, 1.807) is 16.8 Å². The molecule has 1 saturated heterocycles. The lowest BCUT2D eigenvalue weighted by molar-refractivity contribution is 0.0705. The van der Waals surface area contributed by atoms with Gasteiger partial charge in [0.15, 0.2) is 0 Å². The highest BCUT2D eigenvalue weighted by Crippen LogP contribution is 2.27. The standard InChI is InChI=1S/C20H21N5O2/c1-2-12-27-17-7-5-15(6-8-17)19(26)24-11-3-4-16(13-24)18-9-10-21-20-22-14-23-25(18)20/h2,5-10,14,16H,1,3-4,11-13H2/t16-/m0/s1. The minimum absolute atomic E-state index is 0.0406. The Morgan fingerprint density at radius 1 is 1.26 bits per heavy atom. The van der Waals surface area contributed by atoms with Crippen LogP contribution in [-0.4, -0.2) is 50.1 Å². The molecule has 1 atom stereocenters. The van der Waals surface area contributed by atoms with Crippen LogP contribution >= 0.6 is 0 Å². The molecule has 1 aliphatic rings. The quantitative estimate of drug-likeness (QED) is 0.652. The van der Waals surface area contributed by atoms with Crippen LogP contribution in [0.5, 0.6) is 5.75 Å². The van der Waals surface area contributed by atoms with Crippen LogP contribution in [0.3, 0.4) is 0 Å². The monoisotopic (exact) mass is 363 g/mol. The smallest absolute Gasteiger partial charge is 0.253 e. The molecule has 7 nitrogen and oxygen atoms in total. The van der Waals surface area contributed by atoms with E-state index in [9.17, 15) is 4.79 Å². The minimum Gasteiger partial charge on any atom is -0.490 e. The molecule has 0 unspecified atom stereocenters. The number of amides is 1. The molecule has 138 valence electrons.